The quantitative estimate of drug-likeness (QED) is 0.753. The standard InChI is InChI=1S/C13H19NOS/c1-10-8-11(9-16-10)12(15)13(2,3)14-6-4-5-7-14/h8-9H,4-7H2,1-3H3. The van der Waals surface area contributed by atoms with Crippen molar-refractivity contribution in [1.29, 1.82) is 0 Å². The maximum absolute atomic E-state index is 12.4. The highest BCUT2D eigenvalue weighted by Crippen LogP contribution is 2.26. The van der Waals surface area contributed by atoms with Gasteiger partial charge in [0.2, 0.25) is 0 Å². The molecule has 2 heterocycles. The number of hydrogen-bond donors (Lipinski definition) is 0. The van der Waals surface area contributed by atoms with Gasteiger partial charge >= 0.3 is 0 Å². The Morgan fingerprint density at radius 3 is 2.50 bits per heavy atom. The van der Waals surface area contributed by atoms with Gasteiger partial charge in [0.05, 0.1) is 5.54 Å². The Hall–Kier alpha value is -0.670. The Balaban J connectivity index is 2.19. The van der Waals surface area contributed by atoms with Crippen LogP contribution in [0.25, 0.3) is 0 Å². The van der Waals surface area contributed by atoms with Crippen LogP contribution in [-0.2, 0) is 0 Å². The average molecular weight is 237 g/mol. The first-order valence-electron chi connectivity index (χ1n) is 5.87. The van der Waals surface area contributed by atoms with Crippen LogP contribution in [0.5, 0.6) is 0 Å². The summed E-state index contributed by atoms with van der Waals surface area (Å²) in [6.45, 7) is 8.26. The summed E-state index contributed by atoms with van der Waals surface area (Å²) in [6.07, 6.45) is 2.44. The highest BCUT2D eigenvalue weighted by Gasteiger charge is 2.36. The molecular formula is C13H19NOS. The van der Waals surface area contributed by atoms with Crippen LogP contribution >= 0.6 is 11.3 Å². The molecule has 1 fully saturated rings. The minimum Gasteiger partial charge on any atom is -0.292 e. The van der Waals surface area contributed by atoms with E-state index in [1.807, 2.05) is 32.2 Å². The molecule has 1 saturated heterocycles. The third-order valence-electron chi connectivity index (χ3n) is 3.45. The topological polar surface area (TPSA) is 20.3 Å². The van der Waals surface area contributed by atoms with Gasteiger partial charge in [-0.1, -0.05) is 0 Å². The molecule has 0 spiro atoms. The lowest BCUT2D eigenvalue weighted by Gasteiger charge is -2.33. The normalized spacial score (nSPS) is 17.9. The van der Waals surface area contributed by atoms with Gasteiger partial charge in [-0.25, -0.2) is 0 Å². The van der Waals surface area contributed by atoms with E-state index in [0.29, 0.717) is 0 Å². The van der Waals surface area contributed by atoms with E-state index in [0.717, 1.165) is 18.7 Å². The lowest BCUT2D eigenvalue weighted by molar-refractivity contribution is 0.0703. The molecule has 1 aromatic heterocycles. The second-order valence-electron chi connectivity index (χ2n) is 5.03. The fraction of sp³-hybridized carbons (Fsp3) is 0.615. The van der Waals surface area contributed by atoms with Gasteiger partial charge in [0.15, 0.2) is 5.78 Å². The number of aryl methyl sites for hydroxylation is 1. The number of carbonyl (C=O) groups is 1. The van der Waals surface area contributed by atoms with Crippen LogP contribution < -0.4 is 0 Å². The van der Waals surface area contributed by atoms with Crippen LogP contribution in [-0.4, -0.2) is 29.3 Å². The number of ketones is 1. The van der Waals surface area contributed by atoms with Crippen molar-refractivity contribution in [3.8, 4) is 0 Å². The fourth-order valence-corrected chi connectivity index (χ4v) is 3.02. The van der Waals surface area contributed by atoms with Gasteiger partial charge in [-0.15, -0.1) is 11.3 Å². The second-order valence-corrected chi connectivity index (χ2v) is 6.14. The Morgan fingerprint density at radius 1 is 1.38 bits per heavy atom. The molecule has 0 amide bonds. The van der Waals surface area contributed by atoms with Crippen molar-refractivity contribution in [2.45, 2.75) is 39.2 Å². The zero-order valence-corrected chi connectivity index (χ0v) is 11.1. The number of thiophene rings is 1. The van der Waals surface area contributed by atoms with Crippen LogP contribution in [0.2, 0.25) is 0 Å². The van der Waals surface area contributed by atoms with Crippen LogP contribution in [0.3, 0.4) is 0 Å². The highest BCUT2D eigenvalue weighted by molar-refractivity contribution is 7.10. The molecule has 2 nitrogen and oxygen atoms in total. The number of Topliss-reactive ketones (excluding diaryl/α,β-unsaturated/α-hetero) is 1. The number of hydrogen-bond acceptors (Lipinski definition) is 3. The van der Waals surface area contributed by atoms with E-state index in [1.54, 1.807) is 11.3 Å². The van der Waals surface area contributed by atoms with Crippen molar-refractivity contribution in [2.24, 2.45) is 0 Å². The Kier molecular flexibility index (Phi) is 3.17. The monoisotopic (exact) mass is 237 g/mol. The number of carbonyl (C=O) groups excluding carboxylic acids is 1. The molecule has 0 N–H and O–H groups in total. The van der Waals surface area contributed by atoms with E-state index in [4.69, 9.17) is 0 Å². The van der Waals surface area contributed by atoms with Gasteiger partial charge in [-0.05, 0) is 52.8 Å². The van der Waals surface area contributed by atoms with Crippen molar-refractivity contribution < 1.29 is 4.79 Å². The summed E-state index contributed by atoms with van der Waals surface area (Å²) in [6, 6.07) is 2.00. The van der Waals surface area contributed by atoms with Crippen LogP contribution in [0, 0.1) is 6.92 Å². The summed E-state index contributed by atoms with van der Waals surface area (Å²) in [5.41, 5.74) is 0.531. The van der Waals surface area contributed by atoms with Crippen LogP contribution in [0.1, 0.15) is 41.9 Å². The molecule has 0 radical (unpaired) electrons. The Labute approximate surface area is 101 Å². The van der Waals surface area contributed by atoms with E-state index in [2.05, 4.69) is 4.90 Å². The van der Waals surface area contributed by atoms with Gasteiger partial charge in [-0.3, -0.25) is 9.69 Å². The molecule has 3 heteroatoms. The maximum atomic E-state index is 12.4. The third-order valence-corrected chi connectivity index (χ3v) is 4.31. The first-order valence-corrected chi connectivity index (χ1v) is 6.75. The lowest BCUT2D eigenvalue weighted by atomic mass is 9.93. The van der Waals surface area contributed by atoms with Gasteiger partial charge in [0.25, 0.3) is 0 Å². The predicted molar refractivity (Wildman–Crippen MR) is 68.3 cm³/mol. The average Bonchev–Trinajstić information content (AvgIpc) is 2.86. The van der Waals surface area contributed by atoms with E-state index >= 15 is 0 Å². The highest BCUT2D eigenvalue weighted by atomic mass is 32.1. The van der Waals surface area contributed by atoms with Gasteiger partial charge in [0.1, 0.15) is 0 Å². The predicted octanol–water partition coefficient (Wildman–Crippen LogP) is 3.11. The summed E-state index contributed by atoms with van der Waals surface area (Å²) in [7, 11) is 0. The largest absolute Gasteiger partial charge is 0.292 e. The lowest BCUT2D eigenvalue weighted by Crippen LogP contribution is -2.48. The Morgan fingerprint density at radius 2 is 2.00 bits per heavy atom. The molecule has 1 aromatic rings. The summed E-state index contributed by atoms with van der Waals surface area (Å²) < 4.78 is 0. The molecule has 16 heavy (non-hydrogen) atoms. The summed E-state index contributed by atoms with van der Waals surface area (Å²) >= 11 is 1.65. The third kappa shape index (κ3) is 2.06. The summed E-state index contributed by atoms with van der Waals surface area (Å²) in [5.74, 6) is 0.263. The molecule has 0 atom stereocenters. The van der Waals surface area contributed by atoms with Crippen LogP contribution in [0.15, 0.2) is 11.4 Å². The fourth-order valence-electron chi connectivity index (χ4n) is 2.34. The molecule has 1 aliphatic heterocycles. The minimum atomic E-state index is -0.343. The molecule has 0 aromatic carbocycles. The van der Waals surface area contributed by atoms with Gasteiger partial charge < -0.3 is 0 Å². The maximum Gasteiger partial charge on any atom is 0.183 e. The molecule has 0 unspecified atom stereocenters. The molecule has 0 bridgehead atoms. The molecule has 2 rings (SSSR count). The van der Waals surface area contributed by atoms with E-state index in [-0.39, 0.29) is 11.3 Å². The van der Waals surface area contributed by atoms with Crippen molar-refractivity contribution in [2.75, 3.05) is 13.1 Å². The van der Waals surface area contributed by atoms with Crippen molar-refractivity contribution >= 4 is 17.1 Å². The molecule has 0 aliphatic carbocycles. The number of likely N-dealkylation sites (tertiary alicyclic amines) is 1. The molecule has 88 valence electrons. The first-order chi connectivity index (χ1) is 7.51. The summed E-state index contributed by atoms with van der Waals surface area (Å²) in [5, 5.41) is 1.98. The van der Waals surface area contributed by atoms with Crippen molar-refractivity contribution in [3.63, 3.8) is 0 Å². The van der Waals surface area contributed by atoms with Crippen LogP contribution in [0.4, 0.5) is 0 Å². The van der Waals surface area contributed by atoms with E-state index in [1.165, 1.54) is 17.7 Å². The van der Waals surface area contributed by atoms with E-state index < -0.39 is 0 Å². The molecular weight excluding hydrogens is 218 g/mol. The second kappa shape index (κ2) is 4.30. The zero-order valence-electron chi connectivity index (χ0n) is 10.2. The number of nitrogens with zero attached hydrogens (tertiary/aromatic N) is 1. The van der Waals surface area contributed by atoms with Gasteiger partial charge in [-0.2, -0.15) is 0 Å². The smallest absolute Gasteiger partial charge is 0.183 e. The van der Waals surface area contributed by atoms with E-state index in [9.17, 15) is 4.79 Å². The van der Waals surface area contributed by atoms with Crippen molar-refractivity contribution in [3.05, 3.63) is 21.9 Å². The first kappa shape index (κ1) is 11.8. The summed E-state index contributed by atoms with van der Waals surface area (Å²) in [4.78, 5) is 15.9. The molecule has 1 aliphatic rings. The molecule has 0 saturated carbocycles. The number of rotatable bonds is 3. The minimum absolute atomic E-state index is 0.263. The zero-order chi connectivity index (χ0) is 11.8. The van der Waals surface area contributed by atoms with Gasteiger partial charge in [0, 0.05) is 15.8 Å². The van der Waals surface area contributed by atoms with Crippen molar-refractivity contribution in [1.82, 2.24) is 4.90 Å². The Bertz CT molecular complexity index is 388. The SMILES string of the molecule is Cc1cc(C(=O)C(C)(C)N2CCCC2)cs1.